The zero-order valence-electron chi connectivity index (χ0n) is 12.7. The average Bonchev–Trinajstić information content (AvgIpc) is 2.48. The van der Waals surface area contributed by atoms with Gasteiger partial charge in [0.2, 0.25) is 5.91 Å². The summed E-state index contributed by atoms with van der Waals surface area (Å²) < 4.78 is 0. The lowest BCUT2D eigenvalue weighted by molar-refractivity contribution is -0.122. The maximum absolute atomic E-state index is 12.6. The van der Waals surface area contributed by atoms with Gasteiger partial charge in [0, 0.05) is 5.69 Å². The van der Waals surface area contributed by atoms with Crippen LogP contribution in [0.4, 0.5) is 5.69 Å². The number of rotatable bonds is 4. The molecule has 3 N–H and O–H groups in total. The van der Waals surface area contributed by atoms with E-state index in [0.717, 1.165) is 44.2 Å². The molecule has 3 heteroatoms. The van der Waals surface area contributed by atoms with E-state index in [4.69, 9.17) is 5.73 Å². The first-order chi connectivity index (χ1) is 9.60. The van der Waals surface area contributed by atoms with Crippen LogP contribution in [0.1, 0.15) is 57.1 Å². The van der Waals surface area contributed by atoms with Crippen LogP contribution in [0.25, 0.3) is 0 Å². The average molecular weight is 274 g/mol. The molecule has 0 spiro atoms. The van der Waals surface area contributed by atoms with Crippen molar-refractivity contribution in [1.29, 1.82) is 0 Å². The van der Waals surface area contributed by atoms with Crippen LogP contribution >= 0.6 is 0 Å². The fraction of sp³-hybridized carbons (Fsp3) is 0.588. The van der Waals surface area contributed by atoms with Gasteiger partial charge in [0.1, 0.15) is 0 Å². The lowest BCUT2D eigenvalue weighted by atomic mass is 9.81. The lowest BCUT2D eigenvalue weighted by Crippen LogP contribution is -2.52. The summed E-state index contributed by atoms with van der Waals surface area (Å²) in [5.41, 5.74) is 9.01. The highest BCUT2D eigenvalue weighted by Crippen LogP contribution is 2.29. The SMILES string of the molecule is CCc1cccc(CC)c1NC(=O)C1(N)CCCCC1. The van der Waals surface area contributed by atoms with Gasteiger partial charge in [0.05, 0.1) is 5.54 Å². The summed E-state index contributed by atoms with van der Waals surface area (Å²) in [4.78, 5) is 12.6. The number of carbonyl (C=O) groups is 1. The summed E-state index contributed by atoms with van der Waals surface area (Å²) in [6.07, 6.45) is 6.74. The van der Waals surface area contributed by atoms with Crippen LogP contribution in [0.5, 0.6) is 0 Å². The maximum atomic E-state index is 12.6. The fourth-order valence-corrected chi connectivity index (χ4v) is 3.05. The number of carbonyl (C=O) groups excluding carboxylic acids is 1. The van der Waals surface area contributed by atoms with Crippen molar-refractivity contribution in [1.82, 2.24) is 0 Å². The largest absolute Gasteiger partial charge is 0.324 e. The highest BCUT2D eigenvalue weighted by atomic mass is 16.2. The summed E-state index contributed by atoms with van der Waals surface area (Å²) in [5, 5.41) is 3.13. The molecule has 1 aliphatic rings. The highest BCUT2D eigenvalue weighted by molar-refractivity contribution is 5.99. The number of benzene rings is 1. The Labute approximate surface area is 121 Å². The smallest absolute Gasteiger partial charge is 0.244 e. The second-order valence-corrected chi connectivity index (χ2v) is 5.83. The molecule has 0 saturated heterocycles. The Balaban J connectivity index is 2.22. The first kappa shape index (κ1) is 15.0. The van der Waals surface area contributed by atoms with Gasteiger partial charge in [-0.15, -0.1) is 0 Å². The molecule has 0 heterocycles. The van der Waals surface area contributed by atoms with E-state index in [-0.39, 0.29) is 5.91 Å². The number of nitrogens with two attached hydrogens (primary N) is 1. The topological polar surface area (TPSA) is 55.1 Å². The third-order valence-electron chi connectivity index (χ3n) is 4.44. The Morgan fingerprint density at radius 1 is 1.15 bits per heavy atom. The Morgan fingerprint density at radius 3 is 2.20 bits per heavy atom. The molecule has 0 radical (unpaired) electrons. The van der Waals surface area contributed by atoms with Crippen molar-refractivity contribution >= 4 is 11.6 Å². The zero-order valence-corrected chi connectivity index (χ0v) is 12.7. The van der Waals surface area contributed by atoms with Crippen molar-refractivity contribution in [2.75, 3.05) is 5.32 Å². The molecule has 1 fully saturated rings. The first-order valence-electron chi connectivity index (χ1n) is 7.82. The minimum atomic E-state index is -0.676. The molecular formula is C17H26N2O. The van der Waals surface area contributed by atoms with Crippen molar-refractivity contribution in [2.45, 2.75) is 64.3 Å². The van der Waals surface area contributed by atoms with Crippen LogP contribution in [0, 0.1) is 0 Å². The Kier molecular flexibility index (Phi) is 4.81. The first-order valence-corrected chi connectivity index (χ1v) is 7.82. The Morgan fingerprint density at radius 2 is 1.70 bits per heavy atom. The Hall–Kier alpha value is -1.35. The minimum Gasteiger partial charge on any atom is -0.324 e. The van der Waals surface area contributed by atoms with E-state index >= 15 is 0 Å². The zero-order chi connectivity index (χ0) is 14.6. The minimum absolute atomic E-state index is 0.00667. The molecule has 1 aromatic carbocycles. The molecule has 0 unspecified atom stereocenters. The van der Waals surface area contributed by atoms with E-state index in [1.165, 1.54) is 17.5 Å². The highest BCUT2D eigenvalue weighted by Gasteiger charge is 2.35. The second-order valence-electron chi connectivity index (χ2n) is 5.83. The fourth-order valence-electron chi connectivity index (χ4n) is 3.05. The monoisotopic (exact) mass is 274 g/mol. The van der Waals surface area contributed by atoms with E-state index in [2.05, 4.69) is 37.4 Å². The second kappa shape index (κ2) is 6.40. The van der Waals surface area contributed by atoms with Crippen LogP contribution in [-0.2, 0) is 17.6 Å². The van der Waals surface area contributed by atoms with Crippen LogP contribution in [0.2, 0.25) is 0 Å². The molecule has 1 aromatic rings. The van der Waals surface area contributed by atoms with E-state index in [1.807, 2.05) is 0 Å². The standard InChI is InChI=1S/C17H26N2O/c1-3-13-9-8-10-14(4-2)15(13)19-16(20)17(18)11-6-5-7-12-17/h8-10H,3-7,11-12,18H2,1-2H3,(H,19,20). The van der Waals surface area contributed by atoms with E-state index in [1.54, 1.807) is 0 Å². The Bertz CT molecular complexity index is 454. The molecule has 0 aliphatic heterocycles. The molecule has 0 aromatic heterocycles. The molecule has 1 aliphatic carbocycles. The van der Waals surface area contributed by atoms with Crippen molar-refractivity contribution in [2.24, 2.45) is 5.73 Å². The van der Waals surface area contributed by atoms with Gasteiger partial charge < -0.3 is 11.1 Å². The molecule has 0 atom stereocenters. The summed E-state index contributed by atoms with van der Waals surface area (Å²) >= 11 is 0. The summed E-state index contributed by atoms with van der Waals surface area (Å²) in [6.45, 7) is 4.23. The molecule has 1 saturated carbocycles. The van der Waals surface area contributed by atoms with Crippen molar-refractivity contribution in [3.8, 4) is 0 Å². The van der Waals surface area contributed by atoms with E-state index in [0.29, 0.717) is 0 Å². The number of aryl methyl sites for hydroxylation is 2. The van der Waals surface area contributed by atoms with Gasteiger partial charge in [-0.25, -0.2) is 0 Å². The molecule has 20 heavy (non-hydrogen) atoms. The molecule has 110 valence electrons. The molecule has 0 bridgehead atoms. The molecule has 3 nitrogen and oxygen atoms in total. The number of anilines is 1. The van der Waals surface area contributed by atoms with Gasteiger partial charge in [-0.3, -0.25) is 4.79 Å². The van der Waals surface area contributed by atoms with Gasteiger partial charge >= 0.3 is 0 Å². The van der Waals surface area contributed by atoms with E-state index in [9.17, 15) is 4.79 Å². The van der Waals surface area contributed by atoms with Crippen molar-refractivity contribution < 1.29 is 4.79 Å². The summed E-state index contributed by atoms with van der Waals surface area (Å²) in [6, 6.07) is 6.23. The van der Waals surface area contributed by atoms with Crippen LogP contribution in [0.15, 0.2) is 18.2 Å². The predicted octanol–water partition coefficient (Wildman–Crippen LogP) is 3.41. The quantitative estimate of drug-likeness (QED) is 0.884. The third kappa shape index (κ3) is 3.04. The molecular weight excluding hydrogens is 248 g/mol. The molecule has 2 rings (SSSR count). The van der Waals surface area contributed by atoms with Gasteiger partial charge in [-0.1, -0.05) is 51.3 Å². The van der Waals surface area contributed by atoms with E-state index < -0.39 is 5.54 Å². The van der Waals surface area contributed by atoms with Gasteiger partial charge in [-0.2, -0.15) is 0 Å². The third-order valence-corrected chi connectivity index (χ3v) is 4.44. The van der Waals surface area contributed by atoms with Gasteiger partial charge in [0.15, 0.2) is 0 Å². The predicted molar refractivity (Wildman–Crippen MR) is 83.8 cm³/mol. The van der Waals surface area contributed by atoms with Crippen LogP contribution in [-0.4, -0.2) is 11.4 Å². The number of amides is 1. The number of para-hydroxylation sites is 1. The number of hydrogen-bond acceptors (Lipinski definition) is 2. The summed E-state index contributed by atoms with van der Waals surface area (Å²) in [5.74, 6) is -0.00667. The molecule has 1 amide bonds. The number of hydrogen-bond donors (Lipinski definition) is 2. The summed E-state index contributed by atoms with van der Waals surface area (Å²) in [7, 11) is 0. The van der Waals surface area contributed by atoms with Gasteiger partial charge in [0.25, 0.3) is 0 Å². The van der Waals surface area contributed by atoms with Gasteiger partial charge in [-0.05, 0) is 36.8 Å². The van der Waals surface area contributed by atoms with Crippen LogP contribution in [0.3, 0.4) is 0 Å². The van der Waals surface area contributed by atoms with Crippen molar-refractivity contribution in [3.05, 3.63) is 29.3 Å². The number of nitrogens with one attached hydrogen (secondary N) is 1. The van der Waals surface area contributed by atoms with Crippen molar-refractivity contribution in [3.63, 3.8) is 0 Å². The lowest BCUT2D eigenvalue weighted by Gasteiger charge is -2.32. The maximum Gasteiger partial charge on any atom is 0.244 e. The normalized spacial score (nSPS) is 17.8. The van der Waals surface area contributed by atoms with Crippen LogP contribution < -0.4 is 11.1 Å².